The Bertz CT molecular complexity index is 207. The molecule has 0 spiro atoms. The first kappa shape index (κ1) is 8.20. The highest BCUT2D eigenvalue weighted by molar-refractivity contribution is 6.28. The molecule has 1 atom stereocenters. The zero-order valence-electron chi connectivity index (χ0n) is 7.16. The van der Waals surface area contributed by atoms with E-state index in [4.69, 9.17) is 16.3 Å². The first-order chi connectivity index (χ1) is 5.75. The summed E-state index contributed by atoms with van der Waals surface area (Å²) >= 11 is 5.67. The second-order valence-electron chi connectivity index (χ2n) is 3.40. The molecule has 0 bridgehead atoms. The van der Waals surface area contributed by atoms with Crippen LogP contribution in [-0.2, 0) is 4.74 Å². The van der Waals surface area contributed by atoms with E-state index in [1.54, 1.807) is 0 Å². The van der Waals surface area contributed by atoms with Crippen molar-refractivity contribution in [2.45, 2.75) is 12.5 Å². The summed E-state index contributed by atoms with van der Waals surface area (Å²) in [4.78, 5) is 4.46. The van der Waals surface area contributed by atoms with Gasteiger partial charge in [0.1, 0.15) is 0 Å². The van der Waals surface area contributed by atoms with Crippen molar-refractivity contribution in [1.82, 2.24) is 9.80 Å². The smallest absolute Gasteiger partial charge is 0.205 e. The zero-order valence-corrected chi connectivity index (χ0v) is 7.92. The molecule has 2 aliphatic rings. The van der Waals surface area contributed by atoms with Gasteiger partial charge in [0.15, 0.2) is 6.73 Å². The fourth-order valence-corrected chi connectivity index (χ4v) is 1.73. The van der Waals surface area contributed by atoms with Gasteiger partial charge in [-0.05, 0) is 31.6 Å². The normalized spacial score (nSPS) is 29.7. The van der Waals surface area contributed by atoms with Gasteiger partial charge in [-0.3, -0.25) is 0 Å². The van der Waals surface area contributed by atoms with Crippen LogP contribution in [0.5, 0.6) is 0 Å². The average molecular weight is 189 g/mol. The molecule has 0 amide bonds. The van der Waals surface area contributed by atoms with Gasteiger partial charge in [-0.25, -0.2) is 0 Å². The van der Waals surface area contributed by atoms with Crippen LogP contribution in [0.3, 0.4) is 0 Å². The summed E-state index contributed by atoms with van der Waals surface area (Å²) in [5.74, 6) is 0. The lowest BCUT2D eigenvalue weighted by atomic mass is 10.0. The van der Waals surface area contributed by atoms with Crippen molar-refractivity contribution in [3.05, 3.63) is 11.4 Å². The molecule has 0 radical (unpaired) electrons. The number of hydrogen-bond donors (Lipinski definition) is 0. The molecular weight excluding hydrogens is 176 g/mol. The van der Waals surface area contributed by atoms with Crippen molar-refractivity contribution < 1.29 is 4.74 Å². The standard InChI is InChI=1S/C8H13ClN2O/c1-10-3-2-7(10)4-11-5-8(9)12-6-11/h5,7H,2-4,6H2,1H3. The van der Waals surface area contributed by atoms with E-state index >= 15 is 0 Å². The Morgan fingerprint density at radius 3 is 3.00 bits per heavy atom. The Labute approximate surface area is 77.5 Å². The first-order valence-corrected chi connectivity index (χ1v) is 4.58. The summed E-state index contributed by atoms with van der Waals surface area (Å²) in [7, 11) is 2.15. The van der Waals surface area contributed by atoms with E-state index in [-0.39, 0.29) is 0 Å². The molecule has 1 saturated heterocycles. The predicted molar refractivity (Wildman–Crippen MR) is 47.6 cm³/mol. The van der Waals surface area contributed by atoms with Crippen LogP contribution in [0.4, 0.5) is 0 Å². The maximum Gasteiger partial charge on any atom is 0.205 e. The molecule has 2 heterocycles. The maximum atomic E-state index is 5.67. The Hall–Kier alpha value is -0.410. The third kappa shape index (κ3) is 1.52. The van der Waals surface area contributed by atoms with E-state index in [9.17, 15) is 0 Å². The molecule has 1 unspecified atom stereocenters. The largest absolute Gasteiger partial charge is 0.461 e. The molecule has 0 aromatic heterocycles. The topological polar surface area (TPSA) is 15.7 Å². The van der Waals surface area contributed by atoms with Crippen molar-refractivity contribution in [2.75, 3.05) is 26.9 Å². The summed E-state index contributed by atoms with van der Waals surface area (Å²) in [5, 5.41) is 0.511. The monoisotopic (exact) mass is 188 g/mol. The molecule has 2 aliphatic heterocycles. The second kappa shape index (κ2) is 3.15. The van der Waals surface area contributed by atoms with Gasteiger partial charge in [-0.2, -0.15) is 0 Å². The molecular formula is C8H13ClN2O. The van der Waals surface area contributed by atoms with Crippen LogP contribution in [0.2, 0.25) is 0 Å². The Morgan fingerprint density at radius 2 is 2.58 bits per heavy atom. The number of hydrogen-bond acceptors (Lipinski definition) is 3. The van der Waals surface area contributed by atoms with Gasteiger partial charge < -0.3 is 14.5 Å². The van der Waals surface area contributed by atoms with Gasteiger partial charge in [0.05, 0.1) is 6.20 Å². The molecule has 0 aliphatic carbocycles. The molecule has 68 valence electrons. The van der Waals surface area contributed by atoms with Crippen LogP contribution in [-0.4, -0.2) is 42.7 Å². The molecule has 0 aromatic rings. The maximum absolute atomic E-state index is 5.67. The van der Waals surface area contributed by atoms with Crippen molar-refractivity contribution in [3.8, 4) is 0 Å². The van der Waals surface area contributed by atoms with Crippen molar-refractivity contribution in [3.63, 3.8) is 0 Å². The number of rotatable bonds is 2. The lowest BCUT2D eigenvalue weighted by Gasteiger charge is -2.39. The Kier molecular flexibility index (Phi) is 2.15. The molecule has 0 N–H and O–H groups in total. The predicted octanol–water partition coefficient (Wildman–Crippen LogP) is 1.02. The number of ether oxygens (including phenoxy) is 1. The lowest BCUT2D eigenvalue weighted by Crippen LogP contribution is -2.50. The number of halogens is 1. The minimum atomic E-state index is 0.511. The van der Waals surface area contributed by atoms with E-state index in [1.807, 2.05) is 6.20 Å². The molecule has 2 rings (SSSR count). The fraction of sp³-hybridized carbons (Fsp3) is 0.750. The number of nitrogens with zero attached hydrogens (tertiary/aromatic N) is 2. The van der Waals surface area contributed by atoms with E-state index in [2.05, 4.69) is 16.8 Å². The van der Waals surface area contributed by atoms with Crippen molar-refractivity contribution in [2.24, 2.45) is 0 Å². The molecule has 0 saturated carbocycles. The molecule has 0 aromatic carbocycles. The van der Waals surface area contributed by atoms with Crippen LogP contribution >= 0.6 is 11.6 Å². The van der Waals surface area contributed by atoms with Crippen LogP contribution in [0.25, 0.3) is 0 Å². The zero-order chi connectivity index (χ0) is 8.55. The third-order valence-electron chi connectivity index (χ3n) is 2.54. The van der Waals surface area contributed by atoms with Gasteiger partial charge in [-0.1, -0.05) is 0 Å². The van der Waals surface area contributed by atoms with Crippen LogP contribution in [0, 0.1) is 0 Å². The molecule has 12 heavy (non-hydrogen) atoms. The number of likely N-dealkylation sites (N-methyl/N-ethyl adjacent to an activating group) is 1. The average Bonchev–Trinajstić information content (AvgIpc) is 2.44. The summed E-state index contributed by atoms with van der Waals surface area (Å²) in [6, 6.07) is 0.687. The Balaban J connectivity index is 1.80. The van der Waals surface area contributed by atoms with Gasteiger partial charge in [0.25, 0.3) is 0 Å². The molecule has 3 nitrogen and oxygen atoms in total. The van der Waals surface area contributed by atoms with Gasteiger partial charge in [0, 0.05) is 12.6 Å². The minimum Gasteiger partial charge on any atom is -0.461 e. The highest BCUT2D eigenvalue weighted by Crippen LogP contribution is 2.20. The van der Waals surface area contributed by atoms with Crippen LogP contribution in [0.1, 0.15) is 6.42 Å². The van der Waals surface area contributed by atoms with Crippen LogP contribution in [0.15, 0.2) is 11.4 Å². The minimum absolute atomic E-state index is 0.511. The summed E-state index contributed by atoms with van der Waals surface area (Å²) in [6.45, 7) is 2.87. The van der Waals surface area contributed by atoms with Crippen molar-refractivity contribution in [1.29, 1.82) is 0 Å². The quantitative estimate of drug-likeness (QED) is 0.644. The van der Waals surface area contributed by atoms with Crippen molar-refractivity contribution >= 4 is 11.6 Å². The lowest BCUT2D eigenvalue weighted by molar-refractivity contribution is 0.0742. The van der Waals surface area contributed by atoms with E-state index in [1.165, 1.54) is 13.0 Å². The highest BCUT2D eigenvalue weighted by atomic mass is 35.5. The highest BCUT2D eigenvalue weighted by Gasteiger charge is 2.26. The molecule has 1 fully saturated rings. The SMILES string of the molecule is CN1CCC1CN1C=C(Cl)OC1. The van der Waals surface area contributed by atoms with Gasteiger partial charge in [-0.15, -0.1) is 0 Å². The van der Waals surface area contributed by atoms with E-state index in [0.717, 1.165) is 6.54 Å². The second-order valence-corrected chi connectivity index (χ2v) is 3.77. The first-order valence-electron chi connectivity index (χ1n) is 4.20. The van der Waals surface area contributed by atoms with Crippen LogP contribution < -0.4 is 0 Å². The van der Waals surface area contributed by atoms with Gasteiger partial charge >= 0.3 is 0 Å². The van der Waals surface area contributed by atoms with Gasteiger partial charge in [0.2, 0.25) is 5.22 Å². The third-order valence-corrected chi connectivity index (χ3v) is 2.74. The Morgan fingerprint density at radius 1 is 1.75 bits per heavy atom. The summed E-state index contributed by atoms with van der Waals surface area (Å²) in [6.07, 6.45) is 3.16. The summed E-state index contributed by atoms with van der Waals surface area (Å²) in [5.41, 5.74) is 0. The van der Waals surface area contributed by atoms with E-state index < -0.39 is 0 Å². The van der Waals surface area contributed by atoms with E-state index in [0.29, 0.717) is 18.0 Å². The summed E-state index contributed by atoms with van der Waals surface area (Å²) < 4.78 is 5.10. The fourth-order valence-electron chi connectivity index (χ4n) is 1.54. The molecule has 4 heteroatoms. The number of likely N-dealkylation sites (tertiary alicyclic amines) is 1.